The third-order valence-electron chi connectivity index (χ3n) is 5.67. The Kier molecular flexibility index (Phi) is 12.9. The van der Waals surface area contributed by atoms with E-state index in [9.17, 15) is 22.0 Å². The van der Waals surface area contributed by atoms with Gasteiger partial charge in [-0.05, 0) is 50.2 Å². The van der Waals surface area contributed by atoms with E-state index in [-0.39, 0.29) is 23.9 Å². The minimum Gasteiger partial charge on any atom is -0.406 e. The zero-order valence-electron chi connectivity index (χ0n) is 20.1. The molecule has 1 unspecified atom stereocenters. The molecule has 9 heteroatoms. The number of hydrogen-bond donors (Lipinski definition) is 0. The van der Waals surface area contributed by atoms with Crippen LogP contribution in [0.5, 0.6) is 5.75 Å². The molecule has 2 aliphatic heterocycles. The molecule has 2 aliphatic rings. The van der Waals surface area contributed by atoms with Gasteiger partial charge in [0, 0.05) is 25.6 Å². The summed E-state index contributed by atoms with van der Waals surface area (Å²) in [5.74, 6) is -0.742. The van der Waals surface area contributed by atoms with Gasteiger partial charge in [-0.2, -0.15) is 5.26 Å². The van der Waals surface area contributed by atoms with Crippen LogP contribution >= 0.6 is 0 Å². The Labute approximate surface area is 199 Å². The topological polar surface area (TPSA) is 45.5 Å². The lowest BCUT2D eigenvalue weighted by molar-refractivity contribution is -0.274. The Hall–Kier alpha value is -2.34. The molecule has 192 valence electrons. The summed E-state index contributed by atoms with van der Waals surface area (Å²) < 4.78 is 72.3. The smallest absolute Gasteiger partial charge is 0.406 e. The standard InChI is InChI=1S/C18H20F4N2O2.C5H9F.C2H6/c19-15-2-1-14(26-18(20,21)22)11-16(15)24-9-6-17(7-10-24)5-3-13(4-8-23)12-25-17;1-2-3-4-5-6;1-2/h1-2,11,13H,3-7,9-10,12H2;3-4H,2,5H2,1H3;1-2H3/b;4-3-;. The molecule has 2 fully saturated rings. The minimum absolute atomic E-state index is 0.111. The number of allylic oxidation sites excluding steroid dienone is 2. The normalized spacial score (nSPS) is 19.5. The summed E-state index contributed by atoms with van der Waals surface area (Å²) in [7, 11) is 0. The van der Waals surface area contributed by atoms with Crippen molar-refractivity contribution in [2.45, 2.75) is 71.3 Å². The van der Waals surface area contributed by atoms with Gasteiger partial charge in [0.1, 0.15) is 18.2 Å². The predicted molar refractivity (Wildman–Crippen MR) is 123 cm³/mol. The zero-order chi connectivity index (χ0) is 25.6. The van der Waals surface area contributed by atoms with Crippen LogP contribution in [0.3, 0.4) is 0 Å². The quantitative estimate of drug-likeness (QED) is 0.320. The van der Waals surface area contributed by atoms with Gasteiger partial charge in [-0.15, -0.1) is 13.2 Å². The van der Waals surface area contributed by atoms with Crippen molar-refractivity contribution < 1.29 is 31.4 Å². The number of nitrogens with zero attached hydrogens (tertiary/aromatic N) is 2. The molecule has 0 amide bonds. The fraction of sp³-hybridized carbons (Fsp3) is 0.640. The maximum atomic E-state index is 14.1. The molecule has 1 aromatic rings. The Morgan fingerprint density at radius 1 is 1.21 bits per heavy atom. The van der Waals surface area contributed by atoms with Gasteiger partial charge in [0.2, 0.25) is 0 Å². The Balaban J connectivity index is 0.000000631. The molecular formula is C25H35F5N2O2. The van der Waals surface area contributed by atoms with E-state index in [1.807, 2.05) is 20.8 Å². The second-order valence-electron chi connectivity index (χ2n) is 7.94. The van der Waals surface area contributed by atoms with E-state index in [1.54, 1.807) is 11.0 Å². The monoisotopic (exact) mass is 490 g/mol. The number of halogens is 5. The lowest BCUT2D eigenvalue weighted by atomic mass is 9.81. The van der Waals surface area contributed by atoms with Gasteiger partial charge in [0.25, 0.3) is 0 Å². The third-order valence-corrected chi connectivity index (χ3v) is 5.67. The molecule has 0 bridgehead atoms. The van der Waals surface area contributed by atoms with Gasteiger partial charge < -0.3 is 14.4 Å². The van der Waals surface area contributed by atoms with Crippen LogP contribution in [0.1, 0.15) is 59.3 Å². The third kappa shape index (κ3) is 9.88. The molecule has 1 atom stereocenters. The number of ether oxygens (including phenoxy) is 2. The van der Waals surface area contributed by atoms with E-state index in [0.29, 0.717) is 39.0 Å². The average Bonchev–Trinajstić information content (AvgIpc) is 2.82. The summed E-state index contributed by atoms with van der Waals surface area (Å²) >= 11 is 0. The van der Waals surface area contributed by atoms with E-state index < -0.39 is 17.9 Å². The molecule has 0 aliphatic carbocycles. The zero-order valence-corrected chi connectivity index (χ0v) is 20.1. The van der Waals surface area contributed by atoms with Gasteiger partial charge in [0.05, 0.1) is 24.0 Å². The molecule has 3 rings (SSSR count). The number of piperidine rings is 1. The van der Waals surface area contributed by atoms with Crippen LogP contribution in [0.4, 0.5) is 27.6 Å². The van der Waals surface area contributed by atoms with Crippen molar-refractivity contribution in [1.29, 1.82) is 5.26 Å². The van der Waals surface area contributed by atoms with Crippen molar-refractivity contribution >= 4 is 5.69 Å². The molecule has 0 radical (unpaired) electrons. The van der Waals surface area contributed by atoms with Crippen LogP contribution in [0, 0.1) is 23.1 Å². The number of hydrogen-bond acceptors (Lipinski definition) is 4. The van der Waals surface area contributed by atoms with Crippen molar-refractivity contribution in [1.82, 2.24) is 0 Å². The van der Waals surface area contributed by atoms with Crippen LogP contribution < -0.4 is 9.64 Å². The summed E-state index contributed by atoms with van der Waals surface area (Å²) in [4.78, 5) is 1.73. The highest BCUT2D eigenvalue weighted by atomic mass is 19.4. The van der Waals surface area contributed by atoms with Gasteiger partial charge >= 0.3 is 6.36 Å². The minimum atomic E-state index is -4.81. The molecule has 0 N–H and O–H groups in total. The largest absolute Gasteiger partial charge is 0.573 e. The first-order valence-corrected chi connectivity index (χ1v) is 11.7. The first-order valence-electron chi connectivity index (χ1n) is 11.7. The van der Waals surface area contributed by atoms with Gasteiger partial charge in [-0.25, -0.2) is 8.78 Å². The lowest BCUT2D eigenvalue weighted by Crippen LogP contribution is -2.49. The van der Waals surface area contributed by atoms with E-state index in [0.717, 1.165) is 37.5 Å². The molecular weight excluding hydrogens is 455 g/mol. The van der Waals surface area contributed by atoms with Crippen LogP contribution in [-0.4, -0.2) is 38.3 Å². The average molecular weight is 491 g/mol. The van der Waals surface area contributed by atoms with Crippen molar-refractivity contribution in [2.75, 3.05) is 31.3 Å². The second kappa shape index (κ2) is 14.8. The molecule has 1 spiro atoms. The number of alkyl halides is 4. The van der Waals surface area contributed by atoms with Gasteiger partial charge in [0.15, 0.2) is 0 Å². The van der Waals surface area contributed by atoms with E-state index >= 15 is 0 Å². The number of anilines is 1. The Morgan fingerprint density at radius 3 is 2.35 bits per heavy atom. The first kappa shape index (κ1) is 29.7. The molecule has 1 aromatic carbocycles. The SMILES string of the molecule is CC.CC/C=C\CF.N#CCC1CCC2(CCN(c3cc(OC(F)(F)F)ccc3F)CC2)OC1. The van der Waals surface area contributed by atoms with Crippen LogP contribution in [-0.2, 0) is 4.74 Å². The Bertz CT molecular complexity index is 768. The van der Waals surface area contributed by atoms with Crippen molar-refractivity contribution in [2.24, 2.45) is 5.92 Å². The van der Waals surface area contributed by atoms with Crippen molar-refractivity contribution in [3.63, 3.8) is 0 Å². The maximum Gasteiger partial charge on any atom is 0.573 e. The summed E-state index contributed by atoms with van der Waals surface area (Å²) in [6, 6.07) is 5.21. The number of rotatable bonds is 5. The number of benzene rings is 1. The highest BCUT2D eigenvalue weighted by Crippen LogP contribution is 2.39. The molecule has 2 saturated heterocycles. The van der Waals surface area contributed by atoms with Crippen LogP contribution in [0.15, 0.2) is 30.4 Å². The van der Waals surface area contributed by atoms with E-state index in [4.69, 9.17) is 10.00 Å². The molecule has 0 saturated carbocycles. The highest BCUT2D eigenvalue weighted by Gasteiger charge is 2.40. The first-order chi connectivity index (χ1) is 16.2. The van der Waals surface area contributed by atoms with Crippen molar-refractivity contribution in [3.8, 4) is 11.8 Å². The lowest BCUT2D eigenvalue weighted by Gasteiger charge is -2.46. The fourth-order valence-corrected chi connectivity index (χ4v) is 3.92. The molecule has 2 heterocycles. The van der Waals surface area contributed by atoms with Crippen LogP contribution in [0.2, 0.25) is 0 Å². The summed E-state index contributed by atoms with van der Waals surface area (Å²) in [5.41, 5.74) is -0.154. The van der Waals surface area contributed by atoms with Crippen molar-refractivity contribution in [3.05, 3.63) is 36.2 Å². The molecule has 34 heavy (non-hydrogen) atoms. The maximum absolute atomic E-state index is 14.1. The summed E-state index contributed by atoms with van der Waals surface area (Å²) in [5, 5.41) is 8.77. The Morgan fingerprint density at radius 2 is 1.88 bits per heavy atom. The van der Waals surface area contributed by atoms with Gasteiger partial charge in [-0.1, -0.05) is 32.9 Å². The van der Waals surface area contributed by atoms with E-state index in [2.05, 4.69) is 10.8 Å². The summed E-state index contributed by atoms with van der Waals surface area (Å²) in [6.45, 7) is 7.20. The molecule has 4 nitrogen and oxygen atoms in total. The second-order valence-corrected chi connectivity index (χ2v) is 7.94. The fourth-order valence-electron chi connectivity index (χ4n) is 3.92. The predicted octanol–water partition coefficient (Wildman–Crippen LogP) is 7.35. The molecule has 0 aromatic heterocycles. The summed E-state index contributed by atoms with van der Waals surface area (Å²) in [6.07, 6.45) is 3.07. The van der Waals surface area contributed by atoms with Gasteiger partial charge in [-0.3, -0.25) is 0 Å². The van der Waals surface area contributed by atoms with E-state index in [1.165, 1.54) is 6.08 Å². The number of nitriles is 1. The highest BCUT2D eigenvalue weighted by molar-refractivity contribution is 5.52. The van der Waals surface area contributed by atoms with Crippen LogP contribution in [0.25, 0.3) is 0 Å².